The number of carbonyl (C=O) groups is 1. The lowest BCUT2D eigenvalue weighted by molar-refractivity contribution is 0.101. The molecule has 0 spiro atoms. The van der Waals surface area contributed by atoms with E-state index in [4.69, 9.17) is 14.2 Å². The van der Waals surface area contributed by atoms with Crippen molar-refractivity contribution in [3.63, 3.8) is 0 Å². The van der Waals surface area contributed by atoms with Crippen molar-refractivity contribution in [3.8, 4) is 23.0 Å². The van der Waals surface area contributed by atoms with Gasteiger partial charge in [-0.15, -0.1) is 0 Å². The van der Waals surface area contributed by atoms with Gasteiger partial charge >= 0.3 is 0 Å². The Labute approximate surface area is 215 Å². The number of allylic oxidation sites excluding steroid dienone is 3. The summed E-state index contributed by atoms with van der Waals surface area (Å²) in [7, 11) is 0. The van der Waals surface area contributed by atoms with E-state index in [0.717, 1.165) is 49.8 Å². The highest BCUT2D eigenvalue weighted by atomic mass is 16.7. The van der Waals surface area contributed by atoms with Crippen molar-refractivity contribution in [2.45, 2.75) is 13.1 Å². The lowest BCUT2D eigenvalue weighted by Gasteiger charge is -2.35. The van der Waals surface area contributed by atoms with Crippen LogP contribution in [0.5, 0.6) is 23.0 Å². The van der Waals surface area contributed by atoms with Crippen molar-refractivity contribution < 1.29 is 24.1 Å². The third kappa shape index (κ3) is 4.96. The van der Waals surface area contributed by atoms with E-state index in [1.165, 1.54) is 5.56 Å². The zero-order valence-corrected chi connectivity index (χ0v) is 20.4. The maximum absolute atomic E-state index is 12.9. The smallest absolute Gasteiger partial charge is 0.231 e. The van der Waals surface area contributed by atoms with Gasteiger partial charge in [-0.1, -0.05) is 48.6 Å². The largest absolute Gasteiger partial charge is 0.507 e. The Bertz CT molecular complexity index is 1370. The minimum Gasteiger partial charge on any atom is -0.507 e. The zero-order valence-electron chi connectivity index (χ0n) is 20.4. The molecule has 3 aromatic carbocycles. The number of phenols is 1. The van der Waals surface area contributed by atoms with Crippen molar-refractivity contribution in [2.24, 2.45) is 0 Å². The summed E-state index contributed by atoms with van der Waals surface area (Å²) >= 11 is 0. The first-order valence-corrected chi connectivity index (χ1v) is 12.5. The van der Waals surface area contributed by atoms with E-state index in [9.17, 15) is 9.90 Å². The second-order valence-corrected chi connectivity index (χ2v) is 9.41. The van der Waals surface area contributed by atoms with E-state index in [-0.39, 0.29) is 24.1 Å². The molecule has 3 heterocycles. The van der Waals surface area contributed by atoms with Gasteiger partial charge in [0.15, 0.2) is 17.3 Å². The van der Waals surface area contributed by atoms with Crippen LogP contribution < -0.4 is 14.2 Å². The fourth-order valence-corrected chi connectivity index (χ4v) is 4.90. The molecule has 7 heteroatoms. The second-order valence-electron chi connectivity index (χ2n) is 9.41. The van der Waals surface area contributed by atoms with Crippen LogP contribution in [0.2, 0.25) is 0 Å². The molecule has 1 fully saturated rings. The molecule has 0 unspecified atom stereocenters. The van der Waals surface area contributed by atoms with Gasteiger partial charge in [-0.25, -0.2) is 0 Å². The molecule has 0 saturated carbocycles. The summed E-state index contributed by atoms with van der Waals surface area (Å²) in [6.45, 7) is 5.16. The number of benzene rings is 3. The Kier molecular flexibility index (Phi) is 6.39. The molecule has 6 rings (SSSR count). The van der Waals surface area contributed by atoms with Gasteiger partial charge in [0.25, 0.3) is 0 Å². The van der Waals surface area contributed by atoms with E-state index in [2.05, 4.69) is 21.9 Å². The molecule has 3 aliphatic heterocycles. The maximum Gasteiger partial charge on any atom is 0.231 e. The number of nitrogens with zero attached hydrogens (tertiary/aromatic N) is 2. The Morgan fingerprint density at radius 3 is 2.43 bits per heavy atom. The van der Waals surface area contributed by atoms with Crippen LogP contribution in [0.4, 0.5) is 0 Å². The van der Waals surface area contributed by atoms with Crippen LogP contribution in [0.15, 0.2) is 78.6 Å². The van der Waals surface area contributed by atoms with Gasteiger partial charge in [0.2, 0.25) is 12.6 Å². The molecule has 0 amide bonds. The Balaban J connectivity index is 1.10. The molecule has 1 saturated heterocycles. The fourth-order valence-electron chi connectivity index (χ4n) is 4.90. The van der Waals surface area contributed by atoms with Crippen molar-refractivity contribution in [3.05, 3.63) is 101 Å². The van der Waals surface area contributed by atoms with Crippen LogP contribution in [0, 0.1) is 0 Å². The summed E-state index contributed by atoms with van der Waals surface area (Å²) in [6.07, 6.45) is 5.42. The Morgan fingerprint density at radius 1 is 0.865 bits per heavy atom. The van der Waals surface area contributed by atoms with E-state index in [1.807, 2.05) is 48.6 Å². The number of hydrogen-bond donors (Lipinski definition) is 1. The first-order chi connectivity index (χ1) is 18.1. The molecule has 37 heavy (non-hydrogen) atoms. The van der Waals surface area contributed by atoms with Crippen LogP contribution in [0.3, 0.4) is 0 Å². The minimum absolute atomic E-state index is 0.149. The quantitative estimate of drug-likeness (QED) is 0.500. The molecule has 0 aliphatic carbocycles. The SMILES string of the molecule is O=C1/C(=C/C=C/c2ccccc2)Oc2c1ccc(O)c2CN1CCN(Cc2ccc3c(c2)OCO3)CC1. The predicted octanol–water partition coefficient (Wildman–Crippen LogP) is 4.61. The number of carbonyl (C=O) groups excluding carboxylic acids is 1. The van der Waals surface area contributed by atoms with Crippen molar-refractivity contribution >= 4 is 11.9 Å². The molecule has 3 aromatic rings. The average Bonchev–Trinajstić information content (AvgIpc) is 3.51. The molecule has 3 aliphatic rings. The Morgan fingerprint density at radius 2 is 1.62 bits per heavy atom. The number of hydrogen-bond acceptors (Lipinski definition) is 7. The summed E-state index contributed by atoms with van der Waals surface area (Å²) in [5.74, 6) is 2.32. The van der Waals surface area contributed by atoms with Gasteiger partial charge in [-0.2, -0.15) is 0 Å². The number of fused-ring (bicyclic) bond motifs is 2. The number of ketones is 1. The van der Waals surface area contributed by atoms with E-state index < -0.39 is 0 Å². The van der Waals surface area contributed by atoms with Crippen molar-refractivity contribution in [2.75, 3.05) is 33.0 Å². The van der Waals surface area contributed by atoms with E-state index >= 15 is 0 Å². The van der Waals surface area contributed by atoms with Crippen LogP contribution in [-0.2, 0) is 13.1 Å². The van der Waals surface area contributed by atoms with Gasteiger partial charge in [-0.3, -0.25) is 14.6 Å². The van der Waals surface area contributed by atoms with Gasteiger partial charge in [0.05, 0.1) is 11.1 Å². The van der Waals surface area contributed by atoms with Gasteiger partial charge in [-0.05, 0) is 41.5 Å². The lowest BCUT2D eigenvalue weighted by atomic mass is 10.0. The number of phenolic OH excluding ortho intramolecular Hbond substituents is 1. The molecular formula is C30H28N2O5. The normalized spacial score (nSPS) is 18.5. The number of Topliss-reactive ketones (excluding diaryl/α,β-unsaturated/α-hetero) is 1. The fraction of sp³-hybridized carbons (Fsp3) is 0.233. The first kappa shape index (κ1) is 23.3. The number of aromatic hydroxyl groups is 1. The molecule has 0 atom stereocenters. The zero-order chi connectivity index (χ0) is 25.2. The third-order valence-corrected chi connectivity index (χ3v) is 6.94. The number of piperazine rings is 1. The van der Waals surface area contributed by atoms with Crippen molar-refractivity contribution in [1.29, 1.82) is 0 Å². The number of ether oxygens (including phenoxy) is 3. The lowest BCUT2D eigenvalue weighted by Crippen LogP contribution is -2.45. The molecule has 188 valence electrons. The minimum atomic E-state index is -0.164. The van der Waals surface area contributed by atoms with Gasteiger partial charge in [0, 0.05) is 39.3 Å². The van der Waals surface area contributed by atoms with Gasteiger partial charge < -0.3 is 19.3 Å². The van der Waals surface area contributed by atoms with Crippen LogP contribution in [0.1, 0.15) is 27.0 Å². The number of rotatable bonds is 6. The highest BCUT2D eigenvalue weighted by Gasteiger charge is 2.32. The molecule has 0 bridgehead atoms. The van der Waals surface area contributed by atoms with Crippen LogP contribution >= 0.6 is 0 Å². The predicted molar refractivity (Wildman–Crippen MR) is 140 cm³/mol. The average molecular weight is 497 g/mol. The monoisotopic (exact) mass is 496 g/mol. The van der Waals surface area contributed by atoms with Crippen molar-refractivity contribution in [1.82, 2.24) is 9.80 Å². The summed E-state index contributed by atoms with van der Waals surface area (Å²) in [5.41, 5.74) is 3.39. The highest BCUT2D eigenvalue weighted by Crippen LogP contribution is 2.40. The van der Waals surface area contributed by atoms with Crippen LogP contribution in [0.25, 0.3) is 6.08 Å². The molecule has 0 radical (unpaired) electrons. The molecular weight excluding hydrogens is 468 g/mol. The third-order valence-electron chi connectivity index (χ3n) is 6.94. The van der Waals surface area contributed by atoms with E-state index in [1.54, 1.807) is 18.2 Å². The second kappa shape index (κ2) is 10.1. The Hall–Kier alpha value is -4.07. The molecule has 7 nitrogen and oxygen atoms in total. The molecule has 1 N–H and O–H groups in total. The van der Waals surface area contributed by atoms with Crippen LogP contribution in [-0.4, -0.2) is 53.7 Å². The van der Waals surface area contributed by atoms with Gasteiger partial charge in [0.1, 0.15) is 11.5 Å². The first-order valence-electron chi connectivity index (χ1n) is 12.5. The standard InChI is InChI=1S/C30H28N2O5/c33-25-11-10-23-29(34)27(8-4-7-21-5-2-1-3-6-21)37-30(23)24(25)19-32-15-13-31(14-16-32)18-22-9-12-26-28(17-22)36-20-35-26/h1-12,17,33H,13-16,18-20H2/b7-4+,27-8-. The topological polar surface area (TPSA) is 71.5 Å². The molecule has 0 aromatic heterocycles. The summed E-state index contributed by atoms with van der Waals surface area (Å²) in [6, 6.07) is 19.2. The maximum atomic E-state index is 12.9. The van der Waals surface area contributed by atoms with E-state index in [0.29, 0.717) is 23.4 Å². The summed E-state index contributed by atoms with van der Waals surface area (Å²) in [5, 5.41) is 10.6. The summed E-state index contributed by atoms with van der Waals surface area (Å²) < 4.78 is 16.9. The highest BCUT2D eigenvalue weighted by molar-refractivity contribution is 6.12. The summed E-state index contributed by atoms with van der Waals surface area (Å²) in [4.78, 5) is 17.6.